The Morgan fingerprint density at radius 2 is 1.90 bits per heavy atom. The van der Waals surface area contributed by atoms with Crippen molar-refractivity contribution in [1.82, 2.24) is 13.7 Å². The highest BCUT2D eigenvalue weighted by Gasteiger charge is 2.24. The first-order valence-electron chi connectivity index (χ1n) is 9.00. The standard InChI is InChI=1S/C21H18ClN3O3S/c1-12(2)15-9-14(28-3)10-17-19(15)21(27)25(29-17)20(26)16-11-18(22)23-24(16)13-7-5-4-6-8-13/h4-12H,1-3H3. The third-order valence-electron chi connectivity index (χ3n) is 4.64. The van der Waals surface area contributed by atoms with Crippen molar-refractivity contribution in [3.8, 4) is 11.4 Å². The molecular formula is C21H18ClN3O3S. The van der Waals surface area contributed by atoms with Gasteiger partial charge in [-0.3, -0.25) is 9.59 Å². The molecule has 8 heteroatoms. The van der Waals surface area contributed by atoms with Crippen LogP contribution in [-0.2, 0) is 0 Å². The van der Waals surface area contributed by atoms with E-state index >= 15 is 0 Å². The Hall–Kier alpha value is -2.90. The summed E-state index contributed by atoms with van der Waals surface area (Å²) < 4.78 is 8.67. The van der Waals surface area contributed by atoms with Gasteiger partial charge in [-0.05, 0) is 47.3 Å². The number of fused-ring (bicyclic) bond motifs is 1. The third-order valence-corrected chi connectivity index (χ3v) is 5.85. The van der Waals surface area contributed by atoms with Crippen LogP contribution in [-0.4, -0.2) is 26.8 Å². The lowest BCUT2D eigenvalue weighted by atomic mass is 9.99. The molecule has 0 aliphatic carbocycles. The number of benzene rings is 2. The minimum atomic E-state index is -0.479. The predicted octanol–water partition coefficient (Wildman–Crippen LogP) is 4.72. The highest BCUT2D eigenvalue weighted by atomic mass is 35.5. The second kappa shape index (κ2) is 7.50. The molecule has 0 aliphatic rings. The minimum absolute atomic E-state index is 0.0998. The molecule has 0 spiro atoms. The van der Waals surface area contributed by atoms with Crippen molar-refractivity contribution in [2.45, 2.75) is 19.8 Å². The van der Waals surface area contributed by atoms with E-state index < -0.39 is 5.91 Å². The van der Waals surface area contributed by atoms with E-state index in [-0.39, 0.29) is 22.3 Å². The first-order valence-corrected chi connectivity index (χ1v) is 10.2. The summed E-state index contributed by atoms with van der Waals surface area (Å²) in [7, 11) is 1.58. The fourth-order valence-electron chi connectivity index (χ4n) is 3.23. The molecule has 0 N–H and O–H groups in total. The van der Waals surface area contributed by atoms with E-state index in [1.807, 2.05) is 50.2 Å². The van der Waals surface area contributed by atoms with Crippen molar-refractivity contribution < 1.29 is 9.53 Å². The maximum atomic E-state index is 13.3. The highest BCUT2D eigenvalue weighted by Crippen LogP contribution is 2.31. The number of hydrogen-bond acceptors (Lipinski definition) is 5. The topological polar surface area (TPSA) is 66.1 Å². The molecule has 0 saturated carbocycles. The van der Waals surface area contributed by atoms with Crippen molar-refractivity contribution in [3.05, 3.63) is 75.3 Å². The number of halogens is 1. The minimum Gasteiger partial charge on any atom is -0.497 e. The van der Waals surface area contributed by atoms with Crippen LogP contribution in [0.3, 0.4) is 0 Å². The van der Waals surface area contributed by atoms with Crippen LogP contribution >= 0.6 is 23.1 Å². The summed E-state index contributed by atoms with van der Waals surface area (Å²) >= 11 is 7.18. The first-order chi connectivity index (χ1) is 13.9. The molecule has 4 rings (SSSR count). The normalized spacial score (nSPS) is 11.3. The van der Waals surface area contributed by atoms with Gasteiger partial charge in [-0.25, -0.2) is 4.68 Å². The van der Waals surface area contributed by atoms with E-state index in [1.54, 1.807) is 13.2 Å². The molecule has 2 aromatic heterocycles. The van der Waals surface area contributed by atoms with Gasteiger partial charge in [-0.1, -0.05) is 43.6 Å². The Morgan fingerprint density at radius 3 is 2.55 bits per heavy atom. The molecule has 0 atom stereocenters. The number of para-hydroxylation sites is 1. The summed E-state index contributed by atoms with van der Waals surface area (Å²) in [5.41, 5.74) is 1.40. The average molecular weight is 428 g/mol. The maximum absolute atomic E-state index is 13.3. The van der Waals surface area contributed by atoms with Crippen LogP contribution in [0.1, 0.15) is 35.8 Å². The Balaban J connectivity index is 1.91. The van der Waals surface area contributed by atoms with E-state index in [9.17, 15) is 9.59 Å². The molecule has 2 aromatic carbocycles. The van der Waals surface area contributed by atoms with Crippen molar-refractivity contribution in [2.24, 2.45) is 0 Å². The number of nitrogens with zero attached hydrogens (tertiary/aromatic N) is 3. The average Bonchev–Trinajstić information content (AvgIpc) is 3.27. The molecule has 6 nitrogen and oxygen atoms in total. The van der Waals surface area contributed by atoms with Gasteiger partial charge < -0.3 is 4.74 Å². The fraction of sp³-hybridized carbons (Fsp3) is 0.190. The number of carbonyl (C=O) groups is 1. The monoisotopic (exact) mass is 427 g/mol. The maximum Gasteiger partial charge on any atom is 0.293 e. The first kappa shape index (κ1) is 19.4. The lowest BCUT2D eigenvalue weighted by molar-refractivity contribution is 0.0961. The van der Waals surface area contributed by atoms with Gasteiger partial charge in [-0.15, -0.1) is 0 Å². The fourth-order valence-corrected chi connectivity index (χ4v) is 4.43. The van der Waals surface area contributed by atoms with Gasteiger partial charge in [0.15, 0.2) is 5.15 Å². The Labute approximate surface area is 176 Å². The van der Waals surface area contributed by atoms with Gasteiger partial charge in [0.25, 0.3) is 11.5 Å². The predicted molar refractivity (Wildman–Crippen MR) is 115 cm³/mol. The zero-order chi connectivity index (χ0) is 20.7. The molecule has 0 aliphatic heterocycles. The van der Waals surface area contributed by atoms with Crippen LogP contribution in [0.5, 0.6) is 5.75 Å². The number of aromatic nitrogens is 3. The van der Waals surface area contributed by atoms with E-state index in [0.717, 1.165) is 21.1 Å². The van der Waals surface area contributed by atoms with Crippen molar-refractivity contribution in [2.75, 3.05) is 7.11 Å². The van der Waals surface area contributed by atoms with E-state index in [4.69, 9.17) is 16.3 Å². The van der Waals surface area contributed by atoms with E-state index in [2.05, 4.69) is 5.10 Å². The molecule has 0 radical (unpaired) electrons. The van der Waals surface area contributed by atoms with Crippen LogP contribution in [0.25, 0.3) is 15.8 Å². The largest absolute Gasteiger partial charge is 0.497 e. The zero-order valence-corrected chi connectivity index (χ0v) is 17.6. The van der Waals surface area contributed by atoms with Gasteiger partial charge in [0.05, 0.1) is 22.9 Å². The van der Waals surface area contributed by atoms with Crippen LogP contribution in [0.4, 0.5) is 0 Å². The van der Waals surface area contributed by atoms with E-state index in [1.165, 1.54) is 10.7 Å². The van der Waals surface area contributed by atoms with Crippen LogP contribution in [0, 0.1) is 0 Å². The Bertz CT molecular complexity index is 1270. The molecular weight excluding hydrogens is 410 g/mol. The molecule has 148 valence electrons. The second-order valence-corrected chi connectivity index (χ2v) is 8.21. The quantitative estimate of drug-likeness (QED) is 0.472. The summed E-state index contributed by atoms with van der Waals surface area (Å²) in [4.78, 5) is 26.5. The SMILES string of the molecule is COc1cc(C(C)C)c2c(=O)n(C(=O)c3cc(Cl)nn3-c3ccccc3)sc2c1. The van der Waals surface area contributed by atoms with E-state index in [0.29, 0.717) is 21.5 Å². The summed E-state index contributed by atoms with van der Waals surface area (Å²) in [5, 5.41) is 4.93. The van der Waals surface area contributed by atoms with Crippen molar-refractivity contribution >= 4 is 39.1 Å². The van der Waals surface area contributed by atoms with Crippen molar-refractivity contribution in [1.29, 1.82) is 0 Å². The summed E-state index contributed by atoms with van der Waals surface area (Å²) in [6.07, 6.45) is 0. The summed E-state index contributed by atoms with van der Waals surface area (Å²) in [6.45, 7) is 4.00. The molecule has 0 fully saturated rings. The number of rotatable bonds is 4. The molecule has 0 bridgehead atoms. The van der Waals surface area contributed by atoms with Gasteiger partial charge in [-0.2, -0.15) is 9.06 Å². The van der Waals surface area contributed by atoms with Gasteiger partial charge in [0, 0.05) is 6.07 Å². The van der Waals surface area contributed by atoms with Crippen molar-refractivity contribution in [3.63, 3.8) is 0 Å². The molecule has 0 amide bonds. The molecule has 4 aromatic rings. The third kappa shape index (κ3) is 3.36. The molecule has 2 heterocycles. The van der Waals surface area contributed by atoms with Crippen LogP contribution < -0.4 is 10.3 Å². The summed E-state index contributed by atoms with van der Waals surface area (Å²) in [5.74, 6) is 0.273. The second-order valence-electron chi connectivity index (χ2n) is 6.84. The Morgan fingerprint density at radius 1 is 1.17 bits per heavy atom. The number of carbonyl (C=O) groups excluding carboxylic acids is 1. The molecule has 29 heavy (non-hydrogen) atoms. The highest BCUT2D eigenvalue weighted by molar-refractivity contribution is 7.15. The smallest absolute Gasteiger partial charge is 0.293 e. The molecule has 0 saturated heterocycles. The molecule has 0 unspecified atom stereocenters. The number of ether oxygens (including phenoxy) is 1. The zero-order valence-electron chi connectivity index (χ0n) is 16.0. The van der Waals surface area contributed by atoms with Gasteiger partial charge in [0.1, 0.15) is 11.4 Å². The Kier molecular flexibility index (Phi) is 5.02. The number of hydrogen-bond donors (Lipinski definition) is 0. The van der Waals surface area contributed by atoms with Crippen LogP contribution in [0.15, 0.2) is 53.3 Å². The van der Waals surface area contributed by atoms with Gasteiger partial charge in [0.2, 0.25) is 0 Å². The van der Waals surface area contributed by atoms with Gasteiger partial charge >= 0.3 is 0 Å². The lowest BCUT2D eigenvalue weighted by Gasteiger charge is -2.08. The van der Waals surface area contributed by atoms with Crippen LogP contribution in [0.2, 0.25) is 5.15 Å². The lowest BCUT2D eigenvalue weighted by Crippen LogP contribution is -2.24. The summed E-state index contributed by atoms with van der Waals surface area (Å²) in [6, 6.07) is 14.3. The number of methoxy groups -OCH3 is 1.